The Morgan fingerprint density at radius 1 is 1.50 bits per heavy atom. The van der Waals surface area contributed by atoms with Gasteiger partial charge in [-0.25, -0.2) is 0 Å². The van der Waals surface area contributed by atoms with Gasteiger partial charge in [-0.2, -0.15) is 0 Å². The summed E-state index contributed by atoms with van der Waals surface area (Å²) in [5, 5.41) is 0. The second-order valence-corrected chi connectivity index (χ2v) is 2.18. The van der Waals surface area contributed by atoms with E-state index in [9.17, 15) is 0 Å². The molecule has 3 nitrogen and oxygen atoms in total. The molecule has 0 bridgehead atoms. The van der Waals surface area contributed by atoms with E-state index in [1.165, 1.54) is 0 Å². The van der Waals surface area contributed by atoms with Crippen molar-refractivity contribution < 1.29 is 9.47 Å². The van der Waals surface area contributed by atoms with Gasteiger partial charge in [-0.1, -0.05) is 6.92 Å². The molecule has 1 atom stereocenters. The highest BCUT2D eigenvalue weighted by molar-refractivity contribution is 4.53. The third kappa shape index (κ3) is 4.73. The first-order valence-corrected chi connectivity index (χ1v) is 3.65. The third-order valence-corrected chi connectivity index (χ3v) is 1.37. The van der Waals surface area contributed by atoms with Crippen molar-refractivity contribution in [1.29, 1.82) is 0 Å². The third-order valence-electron chi connectivity index (χ3n) is 1.37. The van der Waals surface area contributed by atoms with Crippen LogP contribution in [-0.2, 0) is 9.47 Å². The molecule has 1 unspecified atom stereocenters. The zero-order valence-corrected chi connectivity index (χ0v) is 6.80. The molecule has 0 radical (unpaired) electrons. The lowest BCUT2D eigenvalue weighted by atomic mass is 10.2. The fraction of sp³-hybridized carbons (Fsp3) is 1.00. The van der Waals surface area contributed by atoms with Crippen LogP contribution in [0.2, 0.25) is 0 Å². The lowest BCUT2D eigenvalue weighted by Crippen LogP contribution is -2.17. The van der Waals surface area contributed by atoms with Crippen molar-refractivity contribution >= 4 is 0 Å². The minimum absolute atomic E-state index is 0.268. The Hall–Kier alpha value is -0.120. The molecule has 62 valence electrons. The standard InChI is InChI=1S/C7H17NO2/c1-3-7(4-5-8)10-6-9-2/h7H,3-6,8H2,1-2H3. The maximum atomic E-state index is 5.36. The van der Waals surface area contributed by atoms with Crippen molar-refractivity contribution in [3.8, 4) is 0 Å². The van der Waals surface area contributed by atoms with Gasteiger partial charge in [-0.3, -0.25) is 0 Å². The Balaban J connectivity index is 3.21. The van der Waals surface area contributed by atoms with Crippen LogP contribution in [0.3, 0.4) is 0 Å². The monoisotopic (exact) mass is 147 g/mol. The van der Waals surface area contributed by atoms with Gasteiger partial charge in [0.05, 0.1) is 6.10 Å². The van der Waals surface area contributed by atoms with Crippen LogP contribution in [0, 0.1) is 0 Å². The summed E-state index contributed by atoms with van der Waals surface area (Å²) in [5.74, 6) is 0. The summed E-state index contributed by atoms with van der Waals surface area (Å²) in [6.07, 6.45) is 2.19. The molecular formula is C7H17NO2. The number of rotatable bonds is 6. The van der Waals surface area contributed by atoms with Crippen LogP contribution in [0.5, 0.6) is 0 Å². The number of hydrogen-bond donors (Lipinski definition) is 1. The SMILES string of the molecule is CCC(CCN)OCOC. The summed E-state index contributed by atoms with van der Waals surface area (Å²) in [4.78, 5) is 0. The summed E-state index contributed by atoms with van der Waals surface area (Å²) in [6, 6.07) is 0. The Bertz CT molecular complexity index is 68.6. The van der Waals surface area contributed by atoms with Gasteiger partial charge in [0.15, 0.2) is 0 Å². The van der Waals surface area contributed by atoms with Gasteiger partial charge in [0.25, 0.3) is 0 Å². The Morgan fingerprint density at radius 2 is 2.20 bits per heavy atom. The predicted octanol–water partition coefficient (Wildman–Crippen LogP) is 0.734. The van der Waals surface area contributed by atoms with E-state index >= 15 is 0 Å². The molecule has 0 aliphatic heterocycles. The van der Waals surface area contributed by atoms with E-state index in [1.807, 2.05) is 0 Å². The Morgan fingerprint density at radius 3 is 2.60 bits per heavy atom. The van der Waals surface area contributed by atoms with E-state index in [-0.39, 0.29) is 6.10 Å². The van der Waals surface area contributed by atoms with Crippen molar-refractivity contribution in [2.75, 3.05) is 20.4 Å². The largest absolute Gasteiger partial charge is 0.359 e. The highest BCUT2D eigenvalue weighted by Crippen LogP contribution is 2.01. The minimum Gasteiger partial charge on any atom is -0.359 e. The van der Waals surface area contributed by atoms with E-state index in [1.54, 1.807) is 7.11 Å². The second kappa shape index (κ2) is 6.99. The number of nitrogens with two attached hydrogens (primary N) is 1. The molecule has 0 aromatic rings. The molecule has 10 heavy (non-hydrogen) atoms. The Kier molecular flexibility index (Phi) is 6.91. The summed E-state index contributed by atoms with van der Waals surface area (Å²) in [7, 11) is 1.62. The lowest BCUT2D eigenvalue weighted by Gasteiger charge is -2.13. The zero-order chi connectivity index (χ0) is 7.82. The van der Waals surface area contributed by atoms with Gasteiger partial charge in [-0.05, 0) is 19.4 Å². The van der Waals surface area contributed by atoms with Crippen LogP contribution in [-0.4, -0.2) is 26.6 Å². The maximum Gasteiger partial charge on any atom is 0.146 e. The zero-order valence-electron chi connectivity index (χ0n) is 6.80. The van der Waals surface area contributed by atoms with Crippen LogP contribution in [0.25, 0.3) is 0 Å². The van der Waals surface area contributed by atoms with E-state index in [0.29, 0.717) is 13.3 Å². The molecule has 0 aliphatic rings. The average molecular weight is 147 g/mol. The smallest absolute Gasteiger partial charge is 0.146 e. The summed E-state index contributed by atoms with van der Waals surface area (Å²) < 4.78 is 10.0. The normalized spacial score (nSPS) is 13.5. The van der Waals surface area contributed by atoms with Crippen molar-refractivity contribution in [2.45, 2.75) is 25.9 Å². The molecule has 0 aromatic heterocycles. The number of hydrogen-bond acceptors (Lipinski definition) is 3. The molecule has 3 heteroatoms. The quantitative estimate of drug-likeness (QED) is 0.563. The van der Waals surface area contributed by atoms with Gasteiger partial charge in [0.2, 0.25) is 0 Å². The Labute approximate surface area is 62.5 Å². The van der Waals surface area contributed by atoms with E-state index in [0.717, 1.165) is 12.8 Å². The fourth-order valence-corrected chi connectivity index (χ4v) is 0.755. The summed E-state index contributed by atoms with van der Waals surface area (Å²) >= 11 is 0. The van der Waals surface area contributed by atoms with Crippen LogP contribution >= 0.6 is 0 Å². The van der Waals surface area contributed by atoms with Gasteiger partial charge >= 0.3 is 0 Å². The van der Waals surface area contributed by atoms with Gasteiger partial charge in [0, 0.05) is 7.11 Å². The molecule has 0 saturated heterocycles. The van der Waals surface area contributed by atoms with E-state index in [4.69, 9.17) is 15.2 Å². The van der Waals surface area contributed by atoms with Gasteiger partial charge in [0.1, 0.15) is 6.79 Å². The predicted molar refractivity (Wildman–Crippen MR) is 40.7 cm³/mol. The molecule has 0 heterocycles. The number of ether oxygens (including phenoxy) is 2. The first kappa shape index (κ1) is 9.88. The van der Waals surface area contributed by atoms with Crippen LogP contribution in [0.15, 0.2) is 0 Å². The molecule has 0 fully saturated rings. The first-order valence-electron chi connectivity index (χ1n) is 3.65. The molecule has 0 amide bonds. The molecule has 0 saturated carbocycles. The minimum atomic E-state index is 0.268. The molecule has 0 aliphatic carbocycles. The molecule has 0 aromatic carbocycles. The summed E-state index contributed by atoms with van der Waals surface area (Å²) in [5.41, 5.74) is 5.36. The first-order chi connectivity index (χ1) is 4.85. The topological polar surface area (TPSA) is 44.5 Å². The highest BCUT2D eigenvalue weighted by atomic mass is 16.7. The average Bonchev–Trinajstić information content (AvgIpc) is 1.98. The lowest BCUT2D eigenvalue weighted by molar-refractivity contribution is -0.0740. The van der Waals surface area contributed by atoms with Gasteiger partial charge in [-0.15, -0.1) is 0 Å². The van der Waals surface area contributed by atoms with E-state index in [2.05, 4.69) is 6.92 Å². The molecule has 2 N–H and O–H groups in total. The van der Waals surface area contributed by atoms with Crippen LogP contribution in [0.1, 0.15) is 19.8 Å². The molecule has 0 spiro atoms. The van der Waals surface area contributed by atoms with Crippen LogP contribution in [0.4, 0.5) is 0 Å². The highest BCUT2D eigenvalue weighted by Gasteiger charge is 2.03. The van der Waals surface area contributed by atoms with Crippen molar-refractivity contribution in [3.05, 3.63) is 0 Å². The fourth-order valence-electron chi connectivity index (χ4n) is 0.755. The van der Waals surface area contributed by atoms with Gasteiger partial charge < -0.3 is 15.2 Å². The second-order valence-electron chi connectivity index (χ2n) is 2.18. The molecule has 0 rings (SSSR count). The van der Waals surface area contributed by atoms with Crippen molar-refractivity contribution in [1.82, 2.24) is 0 Å². The van der Waals surface area contributed by atoms with Crippen LogP contribution < -0.4 is 5.73 Å². The summed E-state index contributed by atoms with van der Waals surface area (Å²) in [6.45, 7) is 3.14. The van der Waals surface area contributed by atoms with Crippen molar-refractivity contribution in [2.24, 2.45) is 5.73 Å². The number of methoxy groups -OCH3 is 1. The van der Waals surface area contributed by atoms with E-state index < -0.39 is 0 Å². The van der Waals surface area contributed by atoms with Crippen molar-refractivity contribution in [3.63, 3.8) is 0 Å². The molecular weight excluding hydrogens is 130 g/mol. The maximum absolute atomic E-state index is 5.36.